The van der Waals surface area contributed by atoms with Crippen molar-refractivity contribution in [3.05, 3.63) is 0 Å². The van der Waals surface area contributed by atoms with Crippen LogP contribution in [0.3, 0.4) is 0 Å². The Kier molecular flexibility index (Phi) is 4.60. The summed E-state index contributed by atoms with van der Waals surface area (Å²) in [5.74, 6) is 0.761. The van der Waals surface area contributed by atoms with E-state index in [-0.39, 0.29) is 0 Å². The van der Waals surface area contributed by atoms with Gasteiger partial charge in [0.25, 0.3) is 0 Å². The molecule has 1 fully saturated rings. The summed E-state index contributed by atoms with van der Waals surface area (Å²) >= 11 is 0. The molecule has 2 nitrogen and oxygen atoms in total. The van der Waals surface area contributed by atoms with Crippen LogP contribution in [0.25, 0.3) is 0 Å². The highest BCUT2D eigenvalue weighted by Crippen LogP contribution is 2.24. The zero-order valence-corrected chi connectivity index (χ0v) is 10.8. The van der Waals surface area contributed by atoms with E-state index in [1.54, 1.807) is 0 Å². The molecule has 0 bridgehead atoms. The van der Waals surface area contributed by atoms with Crippen molar-refractivity contribution in [2.45, 2.75) is 65.0 Å². The second-order valence-corrected chi connectivity index (χ2v) is 6.06. The van der Waals surface area contributed by atoms with Gasteiger partial charge in [-0.05, 0) is 45.6 Å². The van der Waals surface area contributed by atoms with E-state index in [4.69, 9.17) is 0 Å². The van der Waals surface area contributed by atoms with E-state index in [0.29, 0.717) is 6.04 Å². The number of hydrogen-bond donors (Lipinski definition) is 1. The van der Waals surface area contributed by atoms with Crippen molar-refractivity contribution in [3.8, 4) is 0 Å². The standard InChI is InChI=1S/C13H27NO/c1-11(2)9-12-7-5-6-8-14(12)10-13(3,4)15/h11-12,15H,5-10H2,1-4H3. The quantitative estimate of drug-likeness (QED) is 0.776. The third-order valence-electron chi connectivity index (χ3n) is 3.08. The Morgan fingerprint density at radius 1 is 1.33 bits per heavy atom. The van der Waals surface area contributed by atoms with Gasteiger partial charge in [0.1, 0.15) is 0 Å². The molecule has 0 amide bonds. The second-order valence-electron chi connectivity index (χ2n) is 6.06. The minimum absolute atomic E-state index is 0.549. The first-order valence-corrected chi connectivity index (χ1v) is 6.35. The van der Waals surface area contributed by atoms with E-state index in [1.807, 2.05) is 13.8 Å². The van der Waals surface area contributed by atoms with Crippen molar-refractivity contribution >= 4 is 0 Å². The lowest BCUT2D eigenvalue weighted by atomic mass is 9.93. The van der Waals surface area contributed by atoms with Gasteiger partial charge in [-0.25, -0.2) is 0 Å². The van der Waals surface area contributed by atoms with E-state index in [0.717, 1.165) is 12.5 Å². The molecule has 1 heterocycles. The van der Waals surface area contributed by atoms with Crippen molar-refractivity contribution < 1.29 is 5.11 Å². The number of aliphatic hydroxyl groups is 1. The first-order valence-electron chi connectivity index (χ1n) is 6.35. The first kappa shape index (κ1) is 13.0. The van der Waals surface area contributed by atoms with Gasteiger partial charge in [-0.15, -0.1) is 0 Å². The lowest BCUT2D eigenvalue weighted by molar-refractivity contribution is 0.00575. The van der Waals surface area contributed by atoms with E-state index < -0.39 is 5.60 Å². The van der Waals surface area contributed by atoms with Gasteiger partial charge in [0.2, 0.25) is 0 Å². The molecule has 90 valence electrons. The molecule has 1 N–H and O–H groups in total. The summed E-state index contributed by atoms with van der Waals surface area (Å²) < 4.78 is 0. The Labute approximate surface area is 94.7 Å². The Morgan fingerprint density at radius 2 is 2.00 bits per heavy atom. The number of nitrogens with zero attached hydrogens (tertiary/aromatic N) is 1. The number of rotatable bonds is 4. The molecule has 15 heavy (non-hydrogen) atoms. The molecule has 0 aromatic carbocycles. The van der Waals surface area contributed by atoms with Crippen molar-refractivity contribution in [2.75, 3.05) is 13.1 Å². The third kappa shape index (κ3) is 4.98. The summed E-state index contributed by atoms with van der Waals surface area (Å²) in [6.45, 7) is 10.4. The van der Waals surface area contributed by atoms with Crippen molar-refractivity contribution in [1.29, 1.82) is 0 Å². The van der Waals surface area contributed by atoms with Gasteiger partial charge in [0.05, 0.1) is 5.60 Å². The SMILES string of the molecule is CC(C)CC1CCCCN1CC(C)(C)O. The van der Waals surface area contributed by atoms with Gasteiger partial charge in [-0.1, -0.05) is 20.3 Å². The lowest BCUT2D eigenvalue weighted by Gasteiger charge is -2.39. The van der Waals surface area contributed by atoms with Crippen LogP contribution < -0.4 is 0 Å². The molecule has 0 saturated carbocycles. The van der Waals surface area contributed by atoms with Crippen molar-refractivity contribution in [1.82, 2.24) is 4.90 Å². The molecule has 2 heteroatoms. The van der Waals surface area contributed by atoms with Gasteiger partial charge in [0.15, 0.2) is 0 Å². The van der Waals surface area contributed by atoms with Crippen LogP contribution in [0, 0.1) is 5.92 Å². The summed E-state index contributed by atoms with van der Waals surface area (Å²) in [4.78, 5) is 2.49. The summed E-state index contributed by atoms with van der Waals surface area (Å²) in [5, 5.41) is 9.88. The highest BCUT2D eigenvalue weighted by Gasteiger charge is 2.27. The smallest absolute Gasteiger partial charge is 0.0718 e. The largest absolute Gasteiger partial charge is 0.389 e. The molecule has 1 unspecified atom stereocenters. The molecule has 1 rings (SSSR count). The summed E-state index contributed by atoms with van der Waals surface area (Å²) in [5.41, 5.74) is -0.549. The number of likely N-dealkylation sites (tertiary alicyclic amines) is 1. The average molecular weight is 213 g/mol. The molecule has 1 aliphatic heterocycles. The summed E-state index contributed by atoms with van der Waals surface area (Å²) in [6.07, 6.45) is 5.24. The topological polar surface area (TPSA) is 23.5 Å². The van der Waals surface area contributed by atoms with Crippen LogP contribution in [0.1, 0.15) is 53.4 Å². The molecule has 0 aromatic heterocycles. The number of β-amino-alcohol motifs (C(OH)–C–C–N with tert-alkyl or cyclic N) is 1. The molecule has 0 radical (unpaired) electrons. The zero-order chi connectivity index (χ0) is 11.5. The van der Waals surface area contributed by atoms with Crippen LogP contribution in [0.2, 0.25) is 0 Å². The fourth-order valence-corrected chi connectivity index (χ4v) is 2.58. The molecular formula is C13H27NO. The monoisotopic (exact) mass is 213 g/mol. The van der Waals surface area contributed by atoms with E-state index >= 15 is 0 Å². The summed E-state index contributed by atoms with van der Waals surface area (Å²) in [7, 11) is 0. The molecule has 0 spiro atoms. The normalized spacial score (nSPS) is 24.8. The number of hydrogen-bond acceptors (Lipinski definition) is 2. The van der Waals surface area contributed by atoms with Crippen molar-refractivity contribution in [3.63, 3.8) is 0 Å². The molecular weight excluding hydrogens is 186 g/mol. The number of piperidine rings is 1. The fraction of sp³-hybridized carbons (Fsp3) is 1.00. The van der Waals surface area contributed by atoms with Gasteiger partial charge in [-0.3, -0.25) is 4.90 Å². The predicted octanol–water partition coefficient (Wildman–Crippen LogP) is 2.66. The lowest BCUT2D eigenvalue weighted by Crippen LogP contribution is -2.47. The van der Waals surface area contributed by atoms with E-state index in [9.17, 15) is 5.11 Å². The van der Waals surface area contributed by atoms with E-state index in [1.165, 1.54) is 32.2 Å². The maximum absolute atomic E-state index is 9.88. The maximum atomic E-state index is 9.88. The van der Waals surface area contributed by atoms with Crippen LogP contribution in [0.4, 0.5) is 0 Å². The summed E-state index contributed by atoms with van der Waals surface area (Å²) in [6, 6.07) is 0.699. The second kappa shape index (κ2) is 5.31. The van der Waals surface area contributed by atoms with Gasteiger partial charge in [0, 0.05) is 12.6 Å². The first-order chi connectivity index (χ1) is 6.88. The van der Waals surface area contributed by atoms with E-state index in [2.05, 4.69) is 18.7 Å². The third-order valence-corrected chi connectivity index (χ3v) is 3.08. The molecule has 1 atom stereocenters. The van der Waals surface area contributed by atoms with Gasteiger partial charge >= 0.3 is 0 Å². The van der Waals surface area contributed by atoms with Crippen molar-refractivity contribution in [2.24, 2.45) is 5.92 Å². The van der Waals surface area contributed by atoms with Gasteiger partial charge < -0.3 is 5.11 Å². The average Bonchev–Trinajstić information content (AvgIpc) is 2.05. The van der Waals surface area contributed by atoms with Crippen LogP contribution in [-0.2, 0) is 0 Å². The van der Waals surface area contributed by atoms with Crippen LogP contribution in [0.15, 0.2) is 0 Å². The van der Waals surface area contributed by atoms with Crippen LogP contribution in [0.5, 0.6) is 0 Å². The Bertz CT molecular complexity index is 183. The molecule has 0 aliphatic carbocycles. The minimum Gasteiger partial charge on any atom is -0.389 e. The highest BCUT2D eigenvalue weighted by atomic mass is 16.3. The highest BCUT2D eigenvalue weighted by molar-refractivity contribution is 4.82. The van der Waals surface area contributed by atoms with Crippen LogP contribution >= 0.6 is 0 Å². The van der Waals surface area contributed by atoms with Gasteiger partial charge in [-0.2, -0.15) is 0 Å². The molecule has 1 aliphatic rings. The van der Waals surface area contributed by atoms with Crippen LogP contribution in [-0.4, -0.2) is 34.7 Å². The zero-order valence-electron chi connectivity index (χ0n) is 10.8. The Balaban J connectivity index is 2.50. The molecule has 1 saturated heterocycles. The molecule has 0 aromatic rings. The predicted molar refractivity (Wildman–Crippen MR) is 65.0 cm³/mol. The maximum Gasteiger partial charge on any atom is 0.0718 e. The minimum atomic E-state index is -0.549. The Hall–Kier alpha value is -0.0800. The Morgan fingerprint density at radius 3 is 2.53 bits per heavy atom. The fourth-order valence-electron chi connectivity index (χ4n) is 2.58.